The van der Waals surface area contributed by atoms with Crippen molar-refractivity contribution >= 4 is 0 Å². The van der Waals surface area contributed by atoms with Gasteiger partial charge in [0.25, 0.3) is 0 Å². The van der Waals surface area contributed by atoms with Gasteiger partial charge in [0, 0.05) is 25.6 Å². The number of rotatable bonds is 7. The van der Waals surface area contributed by atoms with Gasteiger partial charge in [-0.1, -0.05) is 6.92 Å². The summed E-state index contributed by atoms with van der Waals surface area (Å²) in [5, 5.41) is 10.2. The number of aromatic nitrogens is 1. The summed E-state index contributed by atoms with van der Waals surface area (Å²) in [7, 11) is 3.66. The SMILES string of the molecule is COCC(C)N(C)CC(C)C(O)c1ccc(F)cn1. The number of aliphatic hydroxyl groups is 1. The Kier molecular flexibility index (Phi) is 6.34. The molecule has 0 saturated carbocycles. The lowest BCUT2D eigenvalue weighted by molar-refractivity contribution is 0.0619. The highest BCUT2D eigenvalue weighted by molar-refractivity contribution is 5.08. The minimum atomic E-state index is -0.696. The predicted molar refractivity (Wildman–Crippen MR) is 72.3 cm³/mol. The maximum atomic E-state index is 12.8. The van der Waals surface area contributed by atoms with E-state index in [0.717, 1.165) is 6.20 Å². The second-order valence-corrected chi connectivity index (χ2v) is 5.07. The number of aliphatic hydroxyl groups excluding tert-OH is 1. The fraction of sp³-hybridized carbons (Fsp3) is 0.643. The van der Waals surface area contributed by atoms with E-state index in [1.807, 2.05) is 14.0 Å². The van der Waals surface area contributed by atoms with Crippen molar-refractivity contribution < 1.29 is 14.2 Å². The fourth-order valence-corrected chi connectivity index (χ4v) is 1.96. The average molecular weight is 270 g/mol. The second-order valence-electron chi connectivity index (χ2n) is 5.07. The number of likely N-dealkylation sites (N-methyl/N-ethyl adjacent to an activating group) is 1. The average Bonchev–Trinajstić information content (AvgIpc) is 2.38. The first-order valence-corrected chi connectivity index (χ1v) is 6.44. The highest BCUT2D eigenvalue weighted by Gasteiger charge is 2.21. The summed E-state index contributed by atoms with van der Waals surface area (Å²) in [4.78, 5) is 6.05. The van der Waals surface area contributed by atoms with Crippen LogP contribution >= 0.6 is 0 Å². The number of halogens is 1. The molecule has 1 N–H and O–H groups in total. The highest BCUT2D eigenvalue weighted by Crippen LogP contribution is 2.21. The molecule has 1 rings (SSSR count). The quantitative estimate of drug-likeness (QED) is 0.821. The van der Waals surface area contributed by atoms with E-state index in [1.54, 1.807) is 7.11 Å². The van der Waals surface area contributed by atoms with Crippen LogP contribution in [0.1, 0.15) is 25.6 Å². The van der Waals surface area contributed by atoms with Gasteiger partial charge < -0.3 is 14.7 Å². The topological polar surface area (TPSA) is 45.6 Å². The molecule has 19 heavy (non-hydrogen) atoms. The molecule has 0 bridgehead atoms. The Bertz CT molecular complexity index is 372. The van der Waals surface area contributed by atoms with Gasteiger partial charge in [0.1, 0.15) is 5.82 Å². The van der Waals surface area contributed by atoms with Crippen LogP contribution in [0.3, 0.4) is 0 Å². The number of hydrogen-bond acceptors (Lipinski definition) is 4. The summed E-state index contributed by atoms with van der Waals surface area (Å²) < 4.78 is 17.9. The summed E-state index contributed by atoms with van der Waals surface area (Å²) in [6, 6.07) is 3.12. The number of hydrogen-bond donors (Lipinski definition) is 1. The van der Waals surface area contributed by atoms with Gasteiger partial charge in [-0.15, -0.1) is 0 Å². The number of pyridine rings is 1. The lowest BCUT2D eigenvalue weighted by Crippen LogP contribution is -2.37. The van der Waals surface area contributed by atoms with Crippen molar-refractivity contribution in [3.8, 4) is 0 Å². The lowest BCUT2D eigenvalue weighted by atomic mass is 10.0. The third-order valence-corrected chi connectivity index (χ3v) is 3.33. The van der Waals surface area contributed by atoms with Gasteiger partial charge in [0.2, 0.25) is 0 Å². The number of ether oxygens (including phenoxy) is 1. The Morgan fingerprint density at radius 2 is 2.11 bits per heavy atom. The second kappa shape index (κ2) is 7.53. The molecule has 0 aliphatic rings. The van der Waals surface area contributed by atoms with E-state index < -0.39 is 11.9 Å². The number of methoxy groups -OCH3 is 1. The summed E-state index contributed by atoms with van der Waals surface area (Å²) in [5.74, 6) is -0.392. The predicted octanol–water partition coefficient (Wildman–Crippen LogP) is 1.86. The molecule has 0 aliphatic heterocycles. The summed E-state index contributed by atoms with van der Waals surface area (Å²) in [5.41, 5.74) is 0.502. The van der Waals surface area contributed by atoms with Gasteiger partial charge >= 0.3 is 0 Å². The zero-order valence-corrected chi connectivity index (χ0v) is 12.0. The van der Waals surface area contributed by atoms with Gasteiger partial charge in [0.15, 0.2) is 0 Å². The summed E-state index contributed by atoms with van der Waals surface area (Å²) >= 11 is 0. The molecular formula is C14H23FN2O2. The summed E-state index contributed by atoms with van der Waals surface area (Å²) in [6.07, 6.45) is 0.431. The molecule has 1 heterocycles. The van der Waals surface area contributed by atoms with Crippen LogP contribution in [0.4, 0.5) is 4.39 Å². The molecule has 0 amide bonds. The van der Waals surface area contributed by atoms with Crippen LogP contribution in [0.2, 0.25) is 0 Å². The molecule has 0 aromatic carbocycles. The van der Waals surface area contributed by atoms with E-state index in [2.05, 4.69) is 16.8 Å². The van der Waals surface area contributed by atoms with Crippen LogP contribution in [-0.4, -0.2) is 48.3 Å². The summed E-state index contributed by atoms with van der Waals surface area (Å²) in [6.45, 7) is 5.38. The molecule has 3 unspecified atom stereocenters. The van der Waals surface area contributed by atoms with E-state index >= 15 is 0 Å². The zero-order chi connectivity index (χ0) is 14.4. The Morgan fingerprint density at radius 3 is 2.63 bits per heavy atom. The Morgan fingerprint density at radius 1 is 1.42 bits per heavy atom. The monoisotopic (exact) mass is 270 g/mol. The van der Waals surface area contributed by atoms with Crippen LogP contribution in [0, 0.1) is 11.7 Å². The van der Waals surface area contributed by atoms with Gasteiger partial charge in [-0.2, -0.15) is 0 Å². The smallest absolute Gasteiger partial charge is 0.141 e. The van der Waals surface area contributed by atoms with Crippen LogP contribution < -0.4 is 0 Å². The van der Waals surface area contributed by atoms with Crippen molar-refractivity contribution in [3.05, 3.63) is 29.8 Å². The van der Waals surface area contributed by atoms with E-state index in [4.69, 9.17) is 4.74 Å². The van der Waals surface area contributed by atoms with E-state index in [9.17, 15) is 9.50 Å². The minimum absolute atomic E-state index is 0.00210. The zero-order valence-electron chi connectivity index (χ0n) is 12.0. The molecule has 0 fully saturated rings. The van der Waals surface area contributed by atoms with E-state index in [1.165, 1.54) is 12.1 Å². The Hall–Kier alpha value is -1.04. The molecular weight excluding hydrogens is 247 g/mol. The van der Waals surface area contributed by atoms with Gasteiger partial charge in [-0.05, 0) is 26.1 Å². The third kappa shape index (κ3) is 4.86. The van der Waals surface area contributed by atoms with Crippen LogP contribution in [0.25, 0.3) is 0 Å². The van der Waals surface area contributed by atoms with Crippen LogP contribution in [0.5, 0.6) is 0 Å². The Labute approximate surface area is 114 Å². The van der Waals surface area contributed by atoms with E-state index in [0.29, 0.717) is 18.8 Å². The maximum Gasteiger partial charge on any atom is 0.141 e. The van der Waals surface area contributed by atoms with Crippen molar-refractivity contribution in [2.75, 3.05) is 27.3 Å². The largest absolute Gasteiger partial charge is 0.386 e. The number of nitrogens with zero attached hydrogens (tertiary/aromatic N) is 2. The van der Waals surface area contributed by atoms with Crippen molar-refractivity contribution in [1.82, 2.24) is 9.88 Å². The van der Waals surface area contributed by atoms with Crippen molar-refractivity contribution in [1.29, 1.82) is 0 Å². The molecule has 0 spiro atoms. The normalized spacial score (nSPS) is 16.4. The van der Waals surface area contributed by atoms with Crippen molar-refractivity contribution in [3.63, 3.8) is 0 Å². The first-order chi connectivity index (χ1) is 8.95. The standard InChI is InChI=1S/C14H23FN2O2/c1-10(8-17(3)11(2)9-19-4)14(18)13-6-5-12(15)7-16-13/h5-7,10-11,14,18H,8-9H2,1-4H3. The molecule has 3 atom stereocenters. The first kappa shape index (κ1) is 16.0. The van der Waals surface area contributed by atoms with Gasteiger partial charge in [-0.25, -0.2) is 4.39 Å². The molecule has 5 heteroatoms. The highest BCUT2D eigenvalue weighted by atomic mass is 19.1. The van der Waals surface area contributed by atoms with E-state index in [-0.39, 0.29) is 12.0 Å². The van der Waals surface area contributed by atoms with Crippen molar-refractivity contribution in [2.45, 2.75) is 26.0 Å². The lowest BCUT2D eigenvalue weighted by Gasteiger charge is -2.29. The molecule has 0 aliphatic carbocycles. The first-order valence-electron chi connectivity index (χ1n) is 6.44. The van der Waals surface area contributed by atoms with Crippen molar-refractivity contribution in [2.24, 2.45) is 5.92 Å². The fourth-order valence-electron chi connectivity index (χ4n) is 1.96. The maximum absolute atomic E-state index is 12.8. The molecule has 1 aromatic rings. The Balaban J connectivity index is 2.57. The molecule has 0 saturated heterocycles. The minimum Gasteiger partial charge on any atom is -0.386 e. The van der Waals surface area contributed by atoms with Crippen LogP contribution in [-0.2, 0) is 4.74 Å². The third-order valence-electron chi connectivity index (χ3n) is 3.33. The van der Waals surface area contributed by atoms with Gasteiger partial charge in [0.05, 0.1) is 24.6 Å². The molecule has 4 nitrogen and oxygen atoms in total. The molecule has 1 aromatic heterocycles. The molecule has 108 valence electrons. The van der Waals surface area contributed by atoms with Gasteiger partial charge in [-0.3, -0.25) is 4.98 Å². The molecule has 0 radical (unpaired) electrons. The van der Waals surface area contributed by atoms with Crippen LogP contribution in [0.15, 0.2) is 18.3 Å².